The number of hydrogen-bond acceptors (Lipinski definition) is 3. The van der Waals surface area contributed by atoms with E-state index in [1.807, 2.05) is 6.92 Å². The molecule has 0 amide bonds. The summed E-state index contributed by atoms with van der Waals surface area (Å²) in [6, 6.07) is 2.24. The Morgan fingerprint density at radius 2 is 1.70 bits per heavy atom. The Morgan fingerprint density at radius 3 is 2.38 bits per heavy atom. The van der Waals surface area contributed by atoms with E-state index in [0.29, 0.717) is 30.8 Å². The number of allylic oxidation sites excluding steroid dienone is 2. The van der Waals surface area contributed by atoms with E-state index in [2.05, 4.69) is 53.7 Å². The second-order valence-electron chi connectivity index (χ2n) is 15.7. The van der Waals surface area contributed by atoms with Crippen molar-refractivity contribution >= 4 is 5.97 Å². The third kappa shape index (κ3) is 3.65. The number of carbonyl (C=O) groups is 1. The molecular formula is C33H51NO3. The maximum atomic E-state index is 12.3. The van der Waals surface area contributed by atoms with Crippen LogP contribution in [0.4, 0.5) is 0 Å². The monoisotopic (exact) mass is 509 g/mol. The Kier molecular flexibility index (Phi) is 6.31. The molecule has 4 fully saturated rings. The molecule has 1 N–H and O–H groups in total. The number of nitriles is 1. The lowest BCUT2D eigenvalue weighted by Crippen LogP contribution is -2.64. The third-order valence-electron chi connectivity index (χ3n) is 13.8. The fourth-order valence-electron chi connectivity index (χ4n) is 11.1. The van der Waals surface area contributed by atoms with E-state index < -0.39 is 11.4 Å². The Morgan fingerprint density at radius 1 is 1.00 bits per heavy atom. The van der Waals surface area contributed by atoms with Gasteiger partial charge in [-0.25, -0.2) is 0 Å². The van der Waals surface area contributed by atoms with Crippen LogP contribution < -0.4 is 0 Å². The van der Waals surface area contributed by atoms with Crippen LogP contribution in [0.5, 0.6) is 0 Å². The Hall–Kier alpha value is -1.34. The highest BCUT2D eigenvalue weighted by atomic mass is 16.5. The molecule has 0 bridgehead atoms. The van der Waals surface area contributed by atoms with Crippen molar-refractivity contribution in [3.05, 3.63) is 11.6 Å². The van der Waals surface area contributed by atoms with Crippen LogP contribution in [-0.2, 0) is 9.53 Å². The summed E-state index contributed by atoms with van der Waals surface area (Å²) < 4.78 is 6.33. The van der Waals surface area contributed by atoms with E-state index in [-0.39, 0.29) is 33.2 Å². The highest BCUT2D eigenvalue weighted by Crippen LogP contribution is 2.75. The Balaban J connectivity index is 1.49. The van der Waals surface area contributed by atoms with Gasteiger partial charge in [0.05, 0.1) is 30.6 Å². The summed E-state index contributed by atoms with van der Waals surface area (Å²) >= 11 is 0. The van der Waals surface area contributed by atoms with Gasteiger partial charge in [-0.15, -0.1) is 0 Å². The first-order valence-electron chi connectivity index (χ1n) is 15.1. The van der Waals surface area contributed by atoms with Crippen LogP contribution in [0.2, 0.25) is 0 Å². The molecule has 37 heavy (non-hydrogen) atoms. The zero-order chi connectivity index (χ0) is 27.1. The van der Waals surface area contributed by atoms with Crippen LogP contribution in [0.25, 0.3) is 0 Å². The van der Waals surface area contributed by atoms with Crippen LogP contribution in [0, 0.1) is 61.6 Å². The van der Waals surface area contributed by atoms with Gasteiger partial charge >= 0.3 is 5.97 Å². The highest BCUT2D eigenvalue weighted by molar-refractivity contribution is 5.74. The smallest absolute Gasteiger partial charge is 0.309 e. The lowest BCUT2D eigenvalue weighted by atomic mass is 9.33. The highest BCUT2D eigenvalue weighted by Gasteiger charge is 2.68. The number of ether oxygens (including phenoxy) is 1. The minimum absolute atomic E-state index is 0.104. The predicted octanol–water partition coefficient (Wildman–Crippen LogP) is 8.17. The summed E-state index contributed by atoms with van der Waals surface area (Å²) in [5, 5.41) is 19.1. The Labute approximate surface area is 225 Å². The topological polar surface area (TPSA) is 70.3 Å². The summed E-state index contributed by atoms with van der Waals surface area (Å²) in [5.41, 5.74) is 2.04. The normalized spacial score (nSPS) is 50.4. The summed E-state index contributed by atoms with van der Waals surface area (Å²) in [4.78, 5) is 12.3. The van der Waals surface area contributed by atoms with Gasteiger partial charge in [0.1, 0.15) is 0 Å². The molecule has 0 aromatic carbocycles. The van der Waals surface area contributed by atoms with Crippen molar-refractivity contribution in [1.82, 2.24) is 0 Å². The quantitative estimate of drug-likeness (QED) is 0.306. The second-order valence-corrected chi connectivity index (χ2v) is 15.7. The Bertz CT molecular complexity index is 1030. The van der Waals surface area contributed by atoms with Crippen molar-refractivity contribution < 1.29 is 14.6 Å². The molecule has 4 nitrogen and oxygen atoms in total. The molecule has 5 aliphatic carbocycles. The van der Waals surface area contributed by atoms with Gasteiger partial charge in [0.2, 0.25) is 0 Å². The van der Waals surface area contributed by atoms with E-state index in [4.69, 9.17) is 10.00 Å². The van der Waals surface area contributed by atoms with Crippen LogP contribution in [-0.4, -0.2) is 23.8 Å². The van der Waals surface area contributed by atoms with Gasteiger partial charge in [-0.2, -0.15) is 5.26 Å². The number of nitrogens with zero attached hydrogens (tertiary/aromatic N) is 1. The maximum absolute atomic E-state index is 12.3. The molecule has 0 heterocycles. The molecule has 0 aliphatic heterocycles. The van der Waals surface area contributed by atoms with Crippen molar-refractivity contribution in [2.24, 2.45) is 50.2 Å². The number of rotatable bonds is 4. The lowest BCUT2D eigenvalue weighted by molar-refractivity contribution is -0.211. The van der Waals surface area contributed by atoms with Crippen molar-refractivity contribution in [3.8, 4) is 6.07 Å². The van der Waals surface area contributed by atoms with Gasteiger partial charge in [0.15, 0.2) is 0 Å². The van der Waals surface area contributed by atoms with E-state index in [0.717, 1.165) is 32.1 Å². The second kappa shape index (κ2) is 8.58. The van der Waals surface area contributed by atoms with Crippen molar-refractivity contribution in [2.75, 3.05) is 6.61 Å². The van der Waals surface area contributed by atoms with Crippen molar-refractivity contribution in [3.63, 3.8) is 0 Å². The molecule has 4 saturated carbocycles. The standard InChI is InChI=1S/C33H51NO3/c1-28(2)24-11-14-33(7)25(31(24,5)13-12-26(28)37-20-8-19-34)10-9-22-23-21-30(4,27(35)36)16-15-29(23,3)17-18-32(22,33)6/h9,23-26H,8,10-18,20-21H2,1-7H3,(H,35,36)/t23-,24-,25+,26-,29+,30-,31-,32+,33+/m0/s1. The van der Waals surface area contributed by atoms with Gasteiger partial charge in [-0.1, -0.05) is 53.2 Å². The minimum Gasteiger partial charge on any atom is -0.481 e. The molecule has 0 radical (unpaired) electrons. The van der Waals surface area contributed by atoms with Gasteiger partial charge in [-0.05, 0) is 116 Å². The zero-order valence-electron chi connectivity index (χ0n) is 24.6. The molecule has 4 heteroatoms. The SMILES string of the molecule is CC1(C)[C@@H](OCCC#N)CC[C@]2(C)[C@H]3CC=C4[C@@H]5C[C@@](C)(C(=O)O)CC[C@]5(C)CC[C@@]4(C)[C@]3(C)CC[C@@H]12. The van der Waals surface area contributed by atoms with E-state index >= 15 is 0 Å². The number of aliphatic carboxylic acids is 1. The largest absolute Gasteiger partial charge is 0.481 e. The van der Waals surface area contributed by atoms with Crippen LogP contribution >= 0.6 is 0 Å². The molecule has 5 aliphatic rings. The van der Waals surface area contributed by atoms with Gasteiger partial charge < -0.3 is 9.84 Å². The summed E-state index contributed by atoms with van der Waals surface area (Å²) in [5.74, 6) is 1.05. The van der Waals surface area contributed by atoms with Crippen molar-refractivity contribution in [1.29, 1.82) is 5.26 Å². The molecular weight excluding hydrogens is 458 g/mol. The average molecular weight is 510 g/mol. The number of hydrogen-bond donors (Lipinski definition) is 1. The van der Waals surface area contributed by atoms with E-state index in [9.17, 15) is 9.90 Å². The minimum atomic E-state index is -0.605. The molecule has 206 valence electrons. The number of fused-ring (bicyclic) bond motifs is 7. The lowest BCUT2D eigenvalue weighted by Gasteiger charge is -2.71. The van der Waals surface area contributed by atoms with Gasteiger partial charge in [-0.3, -0.25) is 4.79 Å². The average Bonchev–Trinajstić information content (AvgIpc) is 2.82. The number of carboxylic acids is 1. The third-order valence-corrected chi connectivity index (χ3v) is 13.8. The summed E-state index contributed by atoms with van der Waals surface area (Å²) in [6.07, 6.45) is 14.4. The van der Waals surface area contributed by atoms with E-state index in [1.54, 1.807) is 5.57 Å². The summed E-state index contributed by atoms with van der Waals surface area (Å²) in [7, 11) is 0. The zero-order valence-corrected chi connectivity index (χ0v) is 24.6. The predicted molar refractivity (Wildman–Crippen MR) is 147 cm³/mol. The first kappa shape index (κ1) is 27.2. The molecule has 0 saturated heterocycles. The fourth-order valence-corrected chi connectivity index (χ4v) is 11.1. The van der Waals surface area contributed by atoms with Crippen LogP contribution in [0.15, 0.2) is 11.6 Å². The first-order chi connectivity index (χ1) is 17.2. The van der Waals surface area contributed by atoms with Crippen LogP contribution in [0.3, 0.4) is 0 Å². The molecule has 0 aromatic heterocycles. The molecule has 0 spiro atoms. The van der Waals surface area contributed by atoms with Gasteiger partial charge in [0.25, 0.3) is 0 Å². The van der Waals surface area contributed by atoms with E-state index in [1.165, 1.54) is 32.1 Å². The molecule has 5 rings (SSSR count). The van der Waals surface area contributed by atoms with Gasteiger partial charge in [0, 0.05) is 0 Å². The summed E-state index contributed by atoms with van der Waals surface area (Å²) in [6.45, 7) is 17.7. The first-order valence-corrected chi connectivity index (χ1v) is 15.1. The van der Waals surface area contributed by atoms with Crippen LogP contribution in [0.1, 0.15) is 119 Å². The van der Waals surface area contributed by atoms with Crippen molar-refractivity contribution in [2.45, 2.75) is 125 Å². The molecule has 9 atom stereocenters. The maximum Gasteiger partial charge on any atom is 0.309 e. The molecule has 0 unspecified atom stereocenters. The fraction of sp³-hybridized carbons (Fsp3) is 0.879. The number of carboxylic acid groups (broad SMARTS) is 1. The molecule has 0 aromatic rings.